The lowest BCUT2D eigenvalue weighted by atomic mass is 10.1. The summed E-state index contributed by atoms with van der Waals surface area (Å²) in [5.41, 5.74) is -0.927. The second-order valence-electron chi connectivity index (χ2n) is 5.59. The molecule has 0 fully saturated rings. The fourth-order valence-corrected chi connectivity index (χ4v) is 2.53. The number of thioether (sulfide) groups is 1. The molecule has 22 heavy (non-hydrogen) atoms. The molecule has 0 saturated carbocycles. The number of hydrogen-bond acceptors (Lipinski definition) is 3. The average Bonchev–Trinajstić information content (AvgIpc) is 2.36. The predicted molar refractivity (Wildman–Crippen MR) is 81.8 cm³/mol. The van der Waals surface area contributed by atoms with Crippen molar-refractivity contribution < 1.29 is 23.1 Å². The van der Waals surface area contributed by atoms with Gasteiger partial charge in [0.1, 0.15) is 0 Å². The maximum atomic E-state index is 12.4. The molecule has 0 heterocycles. The number of carbonyl (C=O) groups excluding carboxylic acids is 1. The number of carbonyl (C=O) groups is 1. The van der Waals surface area contributed by atoms with Gasteiger partial charge in [0.2, 0.25) is 5.91 Å². The summed E-state index contributed by atoms with van der Waals surface area (Å²) in [5, 5.41) is 12.2. The highest BCUT2D eigenvalue weighted by Gasteiger charge is 2.29. The first-order chi connectivity index (χ1) is 10.1. The van der Waals surface area contributed by atoms with Crippen LogP contribution in [0, 0.1) is 0 Å². The summed E-state index contributed by atoms with van der Waals surface area (Å²) in [6.45, 7) is 3.88. The molecule has 1 aromatic rings. The Balaban J connectivity index is 2.31. The highest BCUT2D eigenvalue weighted by Crippen LogP contribution is 2.29. The highest BCUT2D eigenvalue weighted by atomic mass is 32.2. The molecule has 1 amide bonds. The number of hydrogen-bond donors (Lipinski definition) is 2. The first-order valence-corrected chi connectivity index (χ1v) is 7.96. The normalized spacial score (nSPS) is 12.3. The minimum absolute atomic E-state index is 0.0499. The van der Waals surface area contributed by atoms with E-state index in [-0.39, 0.29) is 12.3 Å². The van der Waals surface area contributed by atoms with Gasteiger partial charge in [-0.25, -0.2) is 0 Å². The number of amides is 1. The molecule has 0 saturated heterocycles. The van der Waals surface area contributed by atoms with Crippen LogP contribution < -0.4 is 5.32 Å². The molecule has 3 nitrogen and oxygen atoms in total. The van der Waals surface area contributed by atoms with E-state index in [0.29, 0.717) is 23.6 Å². The maximum absolute atomic E-state index is 12.4. The van der Waals surface area contributed by atoms with Gasteiger partial charge in [-0.15, -0.1) is 0 Å². The van der Waals surface area contributed by atoms with Crippen molar-refractivity contribution in [3.05, 3.63) is 35.4 Å². The van der Waals surface area contributed by atoms with Gasteiger partial charge in [-0.1, -0.05) is 12.1 Å². The van der Waals surface area contributed by atoms with Gasteiger partial charge in [0.25, 0.3) is 0 Å². The van der Waals surface area contributed by atoms with Crippen molar-refractivity contribution in [2.45, 2.75) is 32.0 Å². The largest absolute Gasteiger partial charge is 0.416 e. The fraction of sp³-hybridized carbons (Fsp3) is 0.533. The average molecular weight is 335 g/mol. The summed E-state index contributed by atoms with van der Waals surface area (Å²) in [6.07, 6.45) is -4.31. The molecule has 2 N–H and O–H groups in total. The van der Waals surface area contributed by atoms with Crippen molar-refractivity contribution in [1.29, 1.82) is 0 Å². The van der Waals surface area contributed by atoms with E-state index in [1.807, 2.05) is 0 Å². The van der Waals surface area contributed by atoms with Gasteiger partial charge < -0.3 is 10.4 Å². The molecule has 0 aliphatic carbocycles. The molecule has 0 bridgehead atoms. The third-order valence-corrected chi connectivity index (χ3v) is 4.07. The maximum Gasteiger partial charge on any atom is 0.416 e. The Kier molecular flexibility index (Phi) is 6.74. The molecule has 1 aromatic carbocycles. The molecule has 7 heteroatoms. The lowest BCUT2D eigenvalue weighted by molar-refractivity contribution is -0.137. The quantitative estimate of drug-likeness (QED) is 0.754. The van der Waals surface area contributed by atoms with Gasteiger partial charge in [-0.2, -0.15) is 24.9 Å². The number of aliphatic hydroxyl groups is 1. The number of alkyl halides is 3. The SMILES string of the molecule is CC(C)(O)CSCCNC(=O)Cc1ccc(C(F)(F)F)cc1. The zero-order chi connectivity index (χ0) is 16.8. The molecule has 0 spiro atoms. The number of halogens is 3. The van der Waals surface area contributed by atoms with Crippen LogP contribution in [-0.4, -0.2) is 34.7 Å². The van der Waals surface area contributed by atoms with E-state index < -0.39 is 17.3 Å². The van der Waals surface area contributed by atoms with Crippen molar-refractivity contribution in [3.63, 3.8) is 0 Å². The van der Waals surface area contributed by atoms with E-state index in [2.05, 4.69) is 5.32 Å². The van der Waals surface area contributed by atoms with Crippen LogP contribution in [0.1, 0.15) is 25.0 Å². The van der Waals surface area contributed by atoms with Crippen LogP contribution in [0.4, 0.5) is 13.2 Å². The standard InChI is InChI=1S/C15H20F3NO2S/c1-14(2,21)10-22-8-7-19-13(20)9-11-3-5-12(6-4-11)15(16,17)18/h3-6,21H,7-10H2,1-2H3,(H,19,20). The Morgan fingerprint density at radius 3 is 2.32 bits per heavy atom. The van der Waals surface area contributed by atoms with Crippen molar-refractivity contribution in [2.75, 3.05) is 18.1 Å². The number of benzene rings is 1. The summed E-state index contributed by atoms with van der Waals surface area (Å²) in [5.74, 6) is 1.01. The molecule has 0 aliphatic rings. The van der Waals surface area contributed by atoms with Gasteiger partial charge in [-0.05, 0) is 31.5 Å². The summed E-state index contributed by atoms with van der Waals surface area (Å²) in [7, 11) is 0. The zero-order valence-corrected chi connectivity index (χ0v) is 13.4. The van der Waals surface area contributed by atoms with E-state index in [1.165, 1.54) is 23.9 Å². The van der Waals surface area contributed by atoms with Gasteiger partial charge in [-0.3, -0.25) is 4.79 Å². The third-order valence-electron chi connectivity index (χ3n) is 2.67. The van der Waals surface area contributed by atoms with E-state index in [1.54, 1.807) is 13.8 Å². The van der Waals surface area contributed by atoms with Gasteiger partial charge in [0.05, 0.1) is 17.6 Å². The minimum Gasteiger partial charge on any atom is -0.390 e. The number of nitrogens with one attached hydrogen (secondary N) is 1. The molecule has 0 unspecified atom stereocenters. The summed E-state index contributed by atoms with van der Waals surface area (Å²) in [6, 6.07) is 4.57. The Labute approximate surface area is 132 Å². The summed E-state index contributed by atoms with van der Waals surface area (Å²) < 4.78 is 37.2. The van der Waals surface area contributed by atoms with Crippen molar-refractivity contribution >= 4 is 17.7 Å². The Hall–Kier alpha value is -1.21. The lowest BCUT2D eigenvalue weighted by Crippen LogP contribution is -2.28. The molecular weight excluding hydrogens is 315 g/mol. The van der Waals surface area contributed by atoms with Gasteiger partial charge in [0.15, 0.2) is 0 Å². The van der Waals surface area contributed by atoms with E-state index in [4.69, 9.17) is 0 Å². The lowest BCUT2D eigenvalue weighted by Gasteiger charge is -2.16. The first kappa shape index (κ1) is 18.8. The zero-order valence-electron chi connectivity index (χ0n) is 12.5. The molecule has 0 atom stereocenters. The Bertz CT molecular complexity index is 481. The van der Waals surface area contributed by atoms with Crippen molar-refractivity contribution in [3.8, 4) is 0 Å². The van der Waals surface area contributed by atoms with Crippen LogP contribution in [0.3, 0.4) is 0 Å². The monoisotopic (exact) mass is 335 g/mol. The molecule has 0 radical (unpaired) electrons. The molecular formula is C15H20F3NO2S. The van der Waals surface area contributed by atoms with Crippen LogP contribution in [0.15, 0.2) is 24.3 Å². The van der Waals surface area contributed by atoms with Gasteiger partial charge in [0, 0.05) is 18.1 Å². The van der Waals surface area contributed by atoms with E-state index >= 15 is 0 Å². The highest BCUT2D eigenvalue weighted by molar-refractivity contribution is 7.99. The fourth-order valence-electron chi connectivity index (χ4n) is 1.64. The summed E-state index contributed by atoms with van der Waals surface area (Å²) in [4.78, 5) is 11.7. The second kappa shape index (κ2) is 7.87. The third kappa shape index (κ3) is 7.70. The first-order valence-electron chi connectivity index (χ1n) is 6.81. The Morgan fingerprint density at radius 1 is 1.23 bits per heavy atom. The summed E-state index contributed by atoms with van der Waals surface area (Å²) >= 11 is 1.52. The van der Waals surface area contributed by atoms with Crippen LogP contribution in [-0.2, 0) is 17.4 Å². The van der Waals surface area contributed by atoms with Crippen molar-refractivity contribution in [1.82, 2.24) is 5.32 Å². The molecule has 124 valence electrons. The van der Waals surface area contributed by atoms with Gasteiger partial charge >= 0.3 is 6.18 Å². The van der Waals surface area contributed by atoms with E-state index in [0.717, 1.165) is 12.1 Å². The number of rotatable bonds is 7. The van der Waals surface area contributed by atoms with Crippen LogP contribution >= 0.6 is 11.8 Å². The predicted octanol–water partition coefficient (Wildman–Crippen LogP) is 2.87. The van der Waals surface area contributed by atoms with Crippen molar-refractivity contribution in [2.24, 2.45) is 0 Å². The van der Waals surface area contributed by atoms with Crippen LogP contribution in [0.25, 0.3) is 0 Å². The van der Waals surface area contributed by atoms with Crippen LogP contribution in [0.5, 0.6) is 0 Å². The molecule has 0 aliphatic heterocycles. The smallest absolute Gasteiger partial charge is 0.390 e. The molecule has 1 rings (SSSR count). The minimum atomic E-state index is -4.36. The van der Waals surface area contributed by atoms with E-state index in [9.17, 15) is 23.1 Å². The topological polar surface area (TPSA) is 49.3 Å². The molecule has 0 aromatic heterocycles. The second-order valence-corrected chi connectivity index (χ2v) is 6.69. The Morgan fingerprint density at radius 2 is 1.82 bits per heavy atom. The van der Waals surface area contributed by atoms with Crippen LogP contribution in [0.2, 0.25) is 0 Å².